The molecule has 17 heavy (non-hydrogen) atoms. The molecule has 1 atom stereocenters. The lowest BCUT2D eigenvalue weighted by Gasteiger charge is -2.35. The Labute approximate surface area is 101 Å². The first-order chi connectivity index (χ1) is 8.23. The van der Waals surface area contributed by atoms with Gasteiger partial charge in [0, 0.05) is 13.2 Å². The number of nitrogens with one attached hydrogen (secondary N) is 1. The number of primary amides is 1. The highest BCUT2D eigenvalue weighted by Crippen LogP contribution is 2.19. The zero-order chi connectivity index (χ0) is 12.1. The average molecular weight is 234 g/mol. The van der Waals surface area contributed by atoms with E-state index in [0.717, 1.165) is 18.4 Å². The topological polar surface area (TPSA) is 64.4 Å². The molecule has 1 aliphatic heterocycles. The number of carbonyl (C=O) groups is 1. The van der Waals surface area contributed by atoms with Crippen LogP contribution in [0.4, 0.5) is 0 Å². The Bertz CT molecular complexity index is 372. The molecule has 0 aromatic heterocycles. The van der Waals surface area contributed by atoms with E-state index < -0.39 is 5.54 Å². The fraction of sp³-hybridized carbons (Fsp3) is 0.462. The van der Waals surface area contributed by atoms with Gasteiger partial charge in [-0.25, -0.2) is 0 Å². The number of ether oxygens (including phenoxy) is 1. The molecule has 0 spiro atoms. The third-order valence-corrected chi connectivity index (χ3v) is 3.19. The van der Waals surface area contributed by atoms with Crippen LogP contribution >= 0.6 is 0 Å². The van der Waals surface area contributed by atoms with Crippen LogP contribution in [0.2, 0.25) is 0 Å². The molecule has 1 unspecified atom stereocenters. The Morgan fingerprint density at radius 3 is 2.76 bits per heavy atom. The van der Waals surface area contributed by atoms with E-state index in [1.54, 1.807) is 0 Å². The van der Waals surface area contributed by atoms with Gasteiger partial charge in [-0.3, -0.25) is 10.1 Å². The molecule has 0 aliphatic carbocycles. The second-order valence-corrected chi connectivity index (χ2v) is 4.44. The van der Waals surface area contributed by atoms with Gasteiger partial charge in [-0.1, -0.05) is 30.3 Å². The van der Waals surface area contributed by atoms with Gasteiger partial charge in [-0.15, -0.1) is 0 Å². The Kier molecular flexibility index (Phi) is 3.76. The number of hydrogen-bond donors (Lipinski definition) is 2. The SMILES string of the molecule is NC(=O)C1(NCc2ccccc2)CCCOC1. The summed E-state index contributed by atoms with van der Waals surface area (Å²) in [4.78, 5) is 11.6. The van der Waals surface area contributed by atoms with Crippen LogP contribution in [0, 0.1) is 0 Å². The highest BCUT2D eigenvalue weighted by molar-refractivity contribution is 5.85. The summed E-state index contributed by atoms with van der Waals surface area (Å²) in [6.07, 6.45) is 1.61. The van der Waals surface area contributed by atoms with Crippen molar-refractivity contribution in [3.05, 3.63) is 35.9 Å². The van der Waals surface area contributed by atoms with Crippen LogP contribution in [0.25, 0.3) is 0 Å². The fourth-order valence-corrected chi connectivity index (χ4v) is 2.08. The largest absolute Gasteiger partial charge is 0.379 e. The molecule has 4 nitrogen and oxygen atoms in total. The van der Waals surface area contributed by atoms with Gasteiger partial charge in [0.25, 0.3) is 0 Å². The first-order valence-electron chi connectivity index (χ1n) is 5.90. The van der Waals surface area contributed by atoms with Gasteiger partial charge in [0.05, 0.1) is 6.61 Å². The van der Waals surface area contributed by atoms with Crippen molar-refractivity contribution in [2.75, 3.05) is 13.2 Å². The van der Waals surface area contributed by atoms with Crippen LogP contribution in [0.3, 0.4) is 0 Å². The lowest BCUT2D eigenvalue weighted by Crippen LogP contribution is -2.59. The molecule has 92 valence electrons. The Morgan fingerprint density at radius 1 is 1.41 bits per heavy atom. The molecule has 1 aliphatic rings. The van der Waals surface area contributed by atoms with Crippen LogP contribution in [0.15, 0.2) is 30.3 Å². The summed E-state index contributed by atoms with van der Waals surface area (Å²) in [5.41, 5.74) is 5.92. The number of carbonyl (C=O) groups excluding carboxylic acids is 1. The first-order valence-corrected chi connectivity index (χ1v) is 5.90. The second kappa shape index (κ2) is 5.29. The zero-order valence-electron chi connectivity index (χ0n) is 9.82. The lowest BCUT2D eigenvalue weighted by molar-refractivity contribution is -0.130. The summed E-state index contributed by atoms with van der Waals surface area (Å²) in [6.45, 7) is 1.71. The van der Waals surface area contributed by atoms with Gasteiger partial charge in [-0.2, -0.15) is 0 Å². The molecule has 1 saturated heterocycles. The summed E-state index contributed by atoms with van der Waals surface area (Å²) in [6, 6.07) is 9.96. The molecule has 4 heteroatoms. The average Bonchev–Trinajstić information content (AvgIpc) is 2.38. The number of nitrogens with two attached hydrogens (primary N) is 1. The normalized spacial score (nSPS) is 24.5. The summed E-state index contributed by atoms with van der Waals surface area (Å²) in [5.74, 6) is -0.326. The van der Waals surface area contributed by atoms with Crippen molar-refractivity contribution in [3.63, 3.8) is 0 Å². The van der Waals surface area contributed by atoms with E-state index in [9.17, 15) is 4.79 Å². The number of rotatable bonds is 4. The van der Waals surface area contributed by atoms with E-state index in [2.05, 4.69) is 5.32 Å². The standard InChI is InChI=1S/C13H18N2O2/c14-12(16)13(7-4-8-17-10-13)15-9-11-5-2-1-3-6-11/h1-3,5-6,15H,4,7-10H2,(H2,14,16). The summed E-state index contributed by atoms with van der Waals surface area (Å²) in [7, 11) is 0. The molecule has 0 radical (unpaired) electrons. The minimum Gasteiger partial charge on any atom is -0.379 e. The maximum atomic E-state index is 11.6. The third-order valence-electron chi connectivity index (χ3n) is 3.19. The van der Waals surface area contributed by atoms with Gasteiger partial charge < -0.3 is 10.5 Å². The van der Waals surface area contributed by atoms with Gasteiger partial charge in [0.2, 0.25) is 5.91 Å². The highest BCUT2D eigenvalue weighted by Gasteiger charge is 2.38. The number of amides is 1. The highest BCUT2D eigenvalue weighted by atomic mass is 16.5. The Morgan fingerprint density at radius 2 is 2.18 bits per heavy atom. The van der Waals surface area contributed by atoms with E-state index >= 15 is 0 Å². The summed E-state index contributed by atoms with van der Waals surface area (Å²) >= 11 is 0. The molecule has 3 N–H and O–H groups in total. The summed E-state index contributed by atoms with van der Waals surface area (Å²) in [5, 5.41) is 3.25. The van der Waals surface area contributed by atoms with E-state index in [1.807, 2.05) is 30.3 Å². The van der Waals surface area contributed by atoms with Gasteiger partial charge in [-0.05, 0) is 18.4 Å². The lowest BCUT2D eigenvalue weighted by atomic mass is 9.91. The molecule has 2 rings (SSSR count). The van der Waals surface area contributed by atoms with Crippen molar-refractivity contribution < 1.29 is 9.53 Å². The molecule has 0 bridgehead atoms. The molecular weight excluding hydrogens is 216 g/mol. The van der Waals surface area contributed by atoms with Crippen molar-refractivity contribution in [2.45, 2.75) is 24.9 Å². The number of hydrogen-bond acceptors (Lipinski definition) is 3. The van der Waals surface area contributed by atoms with Gasteiger partial charge >= 0.3 is 0 Å². The first kappa shape index (κ1) is 12.1. The van der Waals surface area contributed by atoms with Crippen molar-refractivity contribution in [3.8, 4) is 0 Å². The second-order valence-electron chi connectivity index (χ2n) is 4.44. The quantitative estimate of drug-likeness (QED) is 0.810. The Hall–Kier alpha value is -1.39. The van der Waals surface area contributed by atoms with Gasteiger partial charge in [0.15, 0.2) is 0 Å². The van der Waals surface area contributed by atoms with Crippen LogP contribution in [-0.4, -0.2) is 24.7 Å². The van der Waals surface area contributed by atoms with E-state index in [-0.39, 0.29) is 5.91 Å². The third kappa shape index (κ3) is 2.84. The molecule has 1 aromatic rings. The van der Waals surface area contributed by atoms with E-state index in [0.29, 0.717) is 19.8 Å². The molecule has 0 saturated carbocycles. The minimum atomic E-state index is -0.700. The minimum absolute atomic E-state index is 0.326. The van der Waals surface area contributed by atoms with Crippen LogP contribution in [0.5, 0.6) is 0 Å². The molecular formula is C13H18N2O2. The van der Waals surface area contributed by atoms with Crippen molar-refractivity contribution >= 4 is 5.91 Å². The monoisotopic (exact) mass is 234 g/mol. The van der Waals surface area contributed by atoms with Crippen molar-refractivity contribution in [1.29, 1.82) is 0 Å². The maximum Gasteiger partial charge on any atom is 0.240 e. The molecule has 1 fully saturated rings. The molecule has 1 amide bonds. The predicted octanol–water partition coefficient (Wildman–Crippen LogP) is 0.811. The Balaban J connectivity index is 2.01. The number of benzene rings is 1. The van der Waals surface area contributed by atoms with Crippen LogP contribution in [0.1, 0.15) is 18.4 Å². The molecule has 1 heterocycles. The van der Waals surface area contributed by atoms with E-state index in [4.69, 9.17) is 10.5 Å². The predicted molar refractivity (Wildman–Crippen MR) is 65.3 cm³/mol. The van der Waals surface area contributed by atoms with Crippen molar-refractivity contribution in [2.24, 2.45) is 5.73 Å². The van der Waals surface area contributed by atoms with Crippen LogP contribution in [-0.2, 0) is 16.1 Å². The van der Waals surface area contributed by atoms with Gasteiger partial charge in [0.1, 0.15) is 5.54 Å². The fourth-order valence-electron chi connectivity index (χ4n) is 2.08. The maximum absolute atomic E-state index is 11.6. The van der Waals surface area contributed by atoms with Crippen molar-refractivity contribution in [1.82, 2.24) is 5.32 Å². The zero-order valence-corrected chi connectivity index (χ0v) is 9.82. The smallest absolute Gasteiger partial charge is 0.240 e. The molecule has 1 aromatic carbocycles. The van der Waals surface area contributed by atoms with E-state index in [1.165, 1.54) is 0 Å². The van der Waals surface area contributed by atoms with Crippen LogP contribution < -0.4 is 11.1 Å². The summed E-state index contributed by atoms with van der Waals surface area (Å²) < 4.78 is 5.37.